The lowest BCUT2D eigenvalue weighted by atomic mass is 9.95. The molecule has 5 nitrogen and oxygen atoms in total. The molecule has 0 saturated carbocycles. The van der Waals surface area contributed by atoms with Crippen LogP contribution in [0.25, 0.3) is 10.9 Å². The van der Waals surface area contributed by atoms with E-state index < -0.39 is 11.4 Å². The van der Waals surface area contributed by atoms with E-state index in [1.165, 1.54) is 24.3 Å². The average Bonchev–Trinajstić information content (AvgIpc) is 2.52. The van der Waals surface area contributed by atoms with Crippen molar-refractivity contribution in [1.29, 1.82) is 0 Å². The SMILES string of the molecule is CC(N)C1CCCCN1C(=O)c1cc(=O)[nH]c2cc(F)ccc12. The number of rotatable bonds is 2. The Morgan fingerprint density at radius 3 is 2.91 bits per heavy atom. The van der Waals surface area contributed by atoms with Gasteiger partial charge in [0.2, 0.25) is 5.56 Å². The molecular weight excluding hydrogens is 297 g/mol. The number of pyridine rings is 1. The van der Waals surface area contributed by atoms with Gasteiger partial charge in [-0.1, -0.05) is 0 Å². The number of carbonyl (C=O) groups excluding carboxylic acids is 1. The van der Waals surface area contributed by atoms with Gasteiger partial charge in [0.1, 0.15) is 5.82 Å². The van der Waals surface area contributed by atoms with Gasteiger partial charge < -0.3 is 15.6 Å². The summed E-state index contributed by atoms with van der Waals surface area (Å²) in [7, 11) is 0. The summed E-state index contributed by atoms with van der Waals surface area (Å²) in [5.74, 6) is -0.668. The van der Waals surface area contributed by atoms with Crippen molar-refractivity contribution in [3.63, 3.8) is 0 Å². The molecule has 2 unspecified atom stereocenters. The van der Waals surface area contributed by atoms with Crippen LogP contribution in [-0.2, 0) is 0 Å². The number of nitrogens with two attached hydrogens (primary N) is 1. The van der Waals surface area contributed by atoms with Gasteiger partial charge in [-0.15, -0.1) is 0 Å². The highest BCUT2D eigenvalue weighted by molar-refractivity contribution is 6.06. The number of aromatic nitrogens is 1. The first-order valence-corrected chi connectivity index (χ1v) is 7.86. The maximum Gasteiger partial charge on any atom is 0.255 e. The third kappa shape index (κ3) is 2.99. The molecule has 1 saturated heterocycles. The zero-order valence-corrected chi connectivity index (χ0v) is 13.0. The molecule has 1 aromatic heterocycles. The Bertz CT molecular complexity index is 800. The van der Waals surface area contributed by atoms with Crippen LogP contribution in [-0.4, -0.2) is 34.4 Å². The van der Waals surface area contributed by atoms with Crippen LogP contribution in [0.5, 0.6) is 0 Å². The molecule has 1 aliphatic heterocycles. The second kappa shape index (κ2) is 6.12. The Balaban J connectivity index is 2.08. The molecule has 2 atom stereocenters. The maximum atomic E-state index is 13.4. The number of fused-ring (bicyclic) bond motifs is 1. The highest BCUT2D eigenvalue weighted by Crippen LogP contribution is 2.24. The zero-order valence-electron chi connectivity index (χ0n) is 13.0. The number of amides is 1. The quantitative estimate of drug-likeness (QED) is 0.889. The molecule has 3 rings (SSSR count). The van der Waals surface area contributed by atoms with Crippen LogP contribution in [0.1, 0.15) is 36.5 Å². The number of hydrogen-bond donors (Lipinski definition) is 2. The Morgan fingerprint density at radius 1 is 1.39 bits per heavy atom. The molecule has 2 aromatic rings. The number of H-pyrrole nitrogens is 1. The first kappa shape index (κ1) is 15.7. The highest BCUT2D eigenvalue weighted by atomic mass is 19.1. The van der Waals surface area contributed by atoms with Crippen LogP contribution in [0.4, 0.5) is 4.39 Å². The molecule has 1 fully saturated rings. The summed E-state index contributed by atoms with van der Waals surface area (Å²) in [4.78, 5) is 29.2. The Hall–Kier alpha value is -2.21. The molecule has 3 N–H and O–H groups in total. The van der Waals surface area contributed by atoms with Crippen molar-refractivity contribution >= 4 is 16.8 Å². The van der Waals surface area contributed by atoms with E-state index in [-0.39, 0.29) is 18.0 Å². The van der Waals surface area contributed by atoms with Gasteiger partial charge in [-0.2, -0.15) is 0 Å². The number of carbonyl (C=O) groups is 1. The lowest BCUT2D eigenvalue weighted by Gasteiger charge is -2.38. The van der Waals surface area contributed by atoms with E-state index in [9.17, 15) is 14.0 Å². The fourth-order valence-electron chi connectivity index (χ4n) is 3.32. The molecule has 0 spiro atoms. The van der Waals surface area contributed by atoms with Crippen molar-refractivity contribution in [3.05, 3.63) is 46.0 Å². The van der Waals surface area contributed by atoms with Crippen molar-refractivity contribution in [2.24, 2.45) is 5.73 Å². The van der Waals surface area contributed by atoms with E-state index in [0.29, 0.717) is 23.0 Å². The van der Waals surface area contributed by atoms with Crippen molar-refractivity contribution in [2.45, 2.75) is 38.3 Å². The first-order valence-electron chi connectivity index (χ1n) is 7.86. The maximum absolute atomic E-state index is 13.4. The van der Waals surface area contributed by atoms with Gasteiger partial charge >= 0.3 is 0 Å². The number of hydrogen-bond acceptors (Lipinski definition) is 3. The zero-order chi connectivity index (χ0) is 16.6. The molecule has 2 heterocycles. The normalized spacial score (nSPS) is 19.8. The van der Waals surface area contributed by atoms with E-state index in [4.69, 9.17) is 5.73 Å². The van der Waals surface area contributed by atoms with Gasteiger partial charge in [-0.05, 0) is 44.4 Å². The summed E-state index contributed by atoms with van der Waals surface area (Å²) in [5.41, 5.74) is 6.24. The molecule has 1 aromatic carbocycles. The second-order valence-electron chi connectivity index (χ2n) is 6.16. The molecule has 23 heavy (non-hydrogen) atoms. The second-order valence-corrected chi connectivity index (χ2v) is 6.16. The number of nitrogens with zero attached hydrogens (tertiary/aromatic N) is 1. The van der Waals surface area contributed by atoms with E-state index in [1.807, 2.05) is 6.92 Å². The number of piperidine rings is 1. The van der Waals surface area contributed by atoms with Gasteiger partial charge in [0.05, 0.1) is 11.1 Å². The van der Waals surface area contributed by atoms with Crippen LogP contribution in [0.3, 0.4) is 0 Å². The fourth-order valence-corrected chi connectivity index (χ4v) is 3.32. The summed E-state index contributed by atoms with van der Waals surface area (Å²) in [6.07, 6.45) is 2.82. The predicted molar refractivity (Wildman–Crippen MR) is 86.9 cm³/mol. The van der Waals surface area contributed by atoms with Crippen molar-refractivity contribution in [2.75, 3.05) is 6.54 Å². The van der Waals surface area contributed by atoms with E-state index in [0.717, 1.165) is 19.3 Å². The van der Waals surface area contributed by atoms with Crippen LogP contribution >= 0.6 is 0 Å². The molecule has 122 valence electrons. The van der Waals surface area contributed by atoms with Crippen LogP contribution < -0.4 is 11.3 Å². The number of halogens is 1. The third-order valence-corrected chi connectivity index (χ3v) is 4.45. The van der Waals surface area contributed by atoms with Crippen molar-refractivity contribution in [3.8, 4) is 0 Å². The summed E-state index contributed by atoms with van der Waals surface area (Å²) >= 11 is 0. The van der Waals surface area contributed by atoms with Crippen LogP contribution in [0.2, 0.25) is 0 Å². The standard InChI is InChI=1S/C17H20FN3O2/c1-10(19)15-4-2-3-7-21(15)17(23)13-9-16(22)20-14-8-11(18)5-6-12(13)14/h5-6,8-10,15H,2-4,7,19H2,1H3,(H,20,22). The third-order valence-electron chi connectivity index (χ3n) is 4.45. The topological polar surface area (TPSA) is 79.2 Å². The Morgan fingerprint density at radius 2 is 2.17 bits per heavy atom. The Kier molecular flexibility index (Phi) is 4.17. The molecular formula is C17H20FN3O2. The molecule has 1 aliphatic rings. The van der Waals surface area contributed by atoms with Crippen molar-refractivity contribution in [1.82, 2.24) is 9.88 Å². The summed E-state index contributed by atoms with van der Waals surface area (Å²) in [6, 6.07) is 5.16. The molecule has 0 bridgehead atoms. The average molecular weight is 317 g/mol. The minimum Gasteiger partial charge on any atom is -0.334 e. The predicted octanol–water partition coefficient (Wildman–Crippen LogP) is 2.01. The van der Waals surface area contributed by atoms with Crippen molar-refractivity contribution < 1.29 is 9.18 Å². The smallest absolute Gasteiger partial charge is 0.255 e. The van der Waals surface area contributed by atoms with Gasteiger partial charge in [-0.3, -0.25) is 9.59 Å². The minimum atomic E-state index is -0.454. The Labute approximate surface area is 133 Å². The van der Waals surface area contributed by atoms with Crippen LogP contribution in [0, 0.1) is 5.82 Å². The van der Waals surface area contributed by atoms with Gasteiger partial charge in [-0.25, -0.2) is 4.39 Å². The fraction of sp³-hybridized carbons (Fsp3) is 0.412. The minimum absolute atomic E-state index is 0.0361. The molecule has 1 amide bonds. The van der Waals surface area contributed by atoms with E-state index in [1.54, 1.807) is 4.90 Å². The van der Waals surface area contributed by atoms with E-state index in [2.05, 4.69) is 4.98 Å². The molecule has 0 aliphatic carbocycles. The molecule has 6 heteroatoms. The van der Waals surface area contributed by atoms with Crippen LogP contribution in [0.15, 0.2) is 29.1 Å². The monoisotopic (exact) mass is 317 g/mol. The van der Waals surface area contributed by atoms with Gasteiger partial charge in [0.25, 0.3) is 5.91 Å². The summed E-state index contributed by atoms with van der Waals surface area (Å²) in [5, 5.41) is 0.546. The van der Waals surface area contributed by atoms with Gasteiger partial charge in [0, 0.05) is 30.1 Å². The number of likely N-dealkylation sites (tertiary alicyclic amines) is 1. The van der Waals surface area contributed by atoms with E-state index >= 15 is 0 Å². The lowest BCUT2D eigenvalue weighted by Crippen LogP contribution is -2.51. The lowest BCUT2D eigenvalue weighted by molar-refractivity contribution is 0.0585. The first-order chi connectivity index (χ1) is 11.0. The van der Waals surface area contributed by atoms with Gasteiger partial charge in [0.15, 0.2) is 0 Å². The number of benzene rings is 1. The molecule has 0 radical (unpaired) electrons. The largest absolute Gasteiger partial charge is 0.334 e. The summed E-state index contributed by atoms with van der Waals surface area (Å²) < 4.78 is 13.4. The highest BCUT2D eigenvalue weighted by Gasteiger charge is 2.30. The number of aromatic amines is 1. The summed E-state index contributed by atoms with van der Waals surface area (Å²) in [6.45, 7) is 2.52. The number of nitrogens with one attached hydrogen (secondary N) is 1.